The monoisotopic (exact) mass is 358 g/mol. The summed E-state index contributed by atoms with van der Waals surface area (Å²) in [6.45, 7) is 2.39. The zero-order valence-electron chi connectivity index (χ0n) is 15.2. The molecule has 2 aromatic carbocycles. The van der Waals surface area contributed by atoms with Crippen molar-refractivity contribution in [1.29, 1.82) is 0 Å². The summed E-state index contributed by atoms with van der Waals surface area (Å²) in [6.07, 6.45) is 0. The highest BCUT2D eigenvalue weighted by Gasteiger charge is 2.22. The minimum absolute atomic E-state index is 0.273. The van der Waals surface area contributed by atoms with Crippen LogP contribution in [-0.2, 0) is 6.67 Å². The van der Waals surface area contributed by atoms with Gasteiger partial charge in [0.2, 0.25) is 0 Å². The summed E-state index contributed by atoms with van der Waals surface area (Å²) < 4.78 is 32.4. The fraction of sp³-hybridized carbons (Fsp3) is 0.333. The molecule has 138 valence electrons. The second-order valence-corrected chi connectivity index (χ2v) is 6.72. The zero-order valence-corrected chi connectivity index (χ0v) is 15.2. The number of benzene rings is 2. The van der Waals surface area contributed by atoms with Gasteiger partial charge in [0, 0.05) is 25.2 Å². The number of nitrogens with one attached hydrogen (secondary N) is 1. The normalized spacial score (nSPS) is 13.7. The maximum Gasteiger partial charge on any atom is 0.127 e. The lowest BCUT2D eigenvalue weighted by Crippen LogP contribution is -2.30. The molecular weight excluding hydrogens is 334 g/mol. The highest BCUT2D eigenvalue weighted by Crippen LogP contribution is 2.38. The van der Waals surface area contributed by atoms with Crippen molar-refractivity contribution in [3.63, 3.8) is 0 Å². The van der Waals surface area contributed by atoms with Gasteiger partial charge in [0.1, 0.15) is 24.8 Å². The average molecular weight is 358 g/mol. The third-order valence-electron chi connectivity index (χ3n) is 4.43. The molecule has 0 fully saturated rings. The lowest BCUT2D eigenvalue weighted by atomic mass is 9.90. The fourth-order valence-electron chi connectivity index (χ4n) is 3.07. The summed E-state index contributed by atoms with van der Waals surface area (Å²) in [5.41, 5.74) is 4.46. The van der Waals surface area contributed by atoms with Crippen molar-refractivity contribution in [2.75, 3.05) is 40.3 Å². The molecule has 0 spiro atoms. The molecule has 0 saturated carbocycles. The van der Waals surface area contributed by atoms with Crippen LogP contribution < -0.4 is 10.1 Å². The average Bonchev–Trinajstić information content (AvgIpc) is 2.65. The molecule has 1 heterocycles. The molecule has 1 aliphatic rings. The highest BCUT2D eigenvalue weighted by molar-refractivity contribution is 5.86. The topological polar surface area (TPSA) is 24.5 Å². The van der Waals surface area contributed by atoms with E-state index in [1.54, 1.807) is 18.2 Å². The molecule has 5 heteroatoms. The first-order chi connectivity index (χ1) is 12.6. The van der Waals surface area contributed by atoms with Gasteiger partial charge in [-0.15, -0.1) is 0 Å². The molecule has 0 atom stereocenters. The smallest absolute Gasteiger partial charge is 0.127 e. The molecule has 1 N–H and O–H groups in total. The van der Waals surface area contributed by atoms with Crippen LogP contribution in [0.15, 0.2) is 48.0 Å². The van der Waals surface area contributed by atoms with E-state index in [0.717, 1.165) is 41.1 Å². The SMILES string of the molecule is CN(C)CCNCC1=C(c2ccc(F)cc2)c2cc(CF)ccc2OC1. The zero-order chi connectivity index (χ0) is 18.5. The van der Waals surface area contributed by atoms with Gasteiger partial charge in [0.05, 0.1) is 0 Å². The number of alkyl halides is 1. The molecule has 1 aliphatic heterocycles. The number of hydrogen-bond donors (Lipinski definition) is 1. The summed E-state index contributed by atoms with van der Waals surface area (Å²) in [5.74, 6) is 0.461. The van der Waals surface area contributed by atoms with E-state index < -0.39 is 6.67 Å². The Balaban J connectivity index is 1.97. The molecule has 0 saturated heterocycles. The fourth-order valence-corrected chi connectivity index (χ4v) is 3.07. The molecule has 3 rings (SSSR count). The summed E-state index contributed by atoms with van der Waals surface area (Å²) in [6, 6.07) is 11.8. The maximum absolute atomic E-state index is 13.4. The molecule has 3 nitrogen and oxygen atoms in total. The van der Waals surface area contributed by atoms with Gasteiger partial charge in [-0.1, -0.05) is 18.2 Å². The van der Waals surface area contributed by atoms with Crippen LogP contribution in [0.2, 0.25) is 0 Å². The largest absolute Gasteiger partial charge is 0.489 e. The first-order valence-corrected chi connectivity index (χ1v) is 8.74. The van der Waals surface area contributed by atoms with Crippen LogP contribution in [0.5, 0.6) is 5.75 Å². The van der Waals surface area contributed by atoms with E-state index in [1.165, 1.54) is 12.1 Å². The predicted molar refractivity (Wildman–Crippen MR) is 101 cm³/mol. The Hall–Kier alpha value is -2.24. The Bertz CT molecular complexity index is 785. The van der Waals surface area contributed by atoms with Gasteiger partial charge in [0.25, 0.3) is 0 Å². The Morgan fingerprint density at radius 2 is 1.88 bits per heavy atom. The number of rotatable bonds is 7. The van der Waals surface area contributed by atoms with E-state index >= 15 is 0 Å². The van der Waals surface area contributed by atoms with Crippen molar-refractivity contribution < 1.29 is 13.5 Å². The molecule has 26 heavy (non-hydrogen) atoms. The van der Waals surface area contributed by atoms with Crippen molar-refractivity contribution in [3.8, 4) is 5.75 Å². The summed E-state index contributed by atoms with van der Waals surface area (Å²) >= 11 is 0. The molecule has 0 aromatic heterocycles. The lowest BCUT2D eigenvalue weighted by Gasteiger charge is -2.25. The maximum atomic E-state index is 13.4. The third-order valence-corrected chi connectivity index (χ3v) is 4.43. The van der Waals surface area contributed by atoms with E-state index in [-0.39, 0.29) is 5.82 Å². The predicted octanol–water partition coefficient (Wildman–Crippen LogP) is 3.64. The molecule has 0 amide bonds. The van der Waals surface area contributed by atoms with Gasteiger partial charge in [-0.05, 0) is 60.6 Å². The summed E-state index contributed by atoms with van der Waals surface area (Å²) in [5, 5.41) is 3.43. The standard InChI is InChI=1S/C21H24F2N2O/c1-25(2)10-9-24-13-17-14-26-20-8-3-15(12-22)11-19(20)21(17)16-4-6-18(23)7-5-16/h3-8,11,24H,9-10,12-14H2,1-2H3. The van der Waals surface area contributed by atoms with Crippen molar-refractivity contribution in [2.45, 2.75) is 6.67 Å². The molecule has 0 radical (unpaired) electrons. The van der Waals surface area contributed by atoms with Gasteiger partial charge in [-0.25, -0.2) is 8.78 Å². The second-order valence-electron chi connectivity index (χ2n) is 6.72. The summed E-state index contributed by atoms with van der Waals surface area (Å²) in [7, 11) is 4.06. The van der Waals surface area contributed by atoms with E-state index in [2.05, 4.69) is 10.2 Å². The van der Waals surface area contributed by atoms with Crippen molar-refractivity contribution >= 4 is 5.57 Å². The van der Waals surface area contributed by atoms with Crippen LogP contribution in [0.3, 0.4) is 0 Å². The van der Waals surface area contributed by atoms with Crippen molar-refractivity contribution in [3.05, 3.63) is 70.5 Å². The van der Waals surface area contributed by atoms with Crippen LogP contribution in [-0.4, -0.2) is 45.2 Å². The molecule has 2 aromatic rings. The van der Waals surface area contributed by atoms with Crippen molar-refractivity contribution in [1.82, 2.24) is 10.2 Å². The van der Waals surface area contributed by atoms with Crippen LogP contribution in [0, 0.1) is 5.82 Å². The van der Waals surface area contributed by atoms with Crippen molar-refractivity contribution in [2.24, 2.45) is 0 Å². The first kappa shape index (κ1) is 18.5. The van der Waals surface area contributed by atoms with Crippen LogP contribution in [0.1, 0.15) is 16.7 Å². The van der Waals surface area contributed by atoms with Gasteiger partial charge in [0.15, 0.2) is 0 Å². The number of ether oxygens (including phenoxy) is 1. The minimum atomic E-state index is -0.527. The third kappa shape index (κ3) is 4.29. The lowest BCUT2D eigenvalue weighted by molar-refractivity contribution is 0.339. The van der Waals surface area contributed by atoms with E-state index in [1.807, 2.05) is 26.2 Å². The van der Waals surface area contributed by atoms with Gasteiger partial charge in [-0.3, -0.25) is 0 Å². The number of likely N-dealkylation sites (N-methyl/N-ethyl adjacent to an activating group) is 1. The number of halogens is 2. The molecule has 0 aliphatic carbocycles. The minimum Gasteiger partial charge on any atom is -0.489 e. The Kier molecular flexibility index (Phi) is 6.01. The quantitative estimate of drug-likeness (QED) is 0.765. The highest BCUT2D eigenvalue weighted by atomic mass is 19.1. The second kappa shape index (κ2) is 8.43. The van der Waals surface area contributed by atoms with Crippen LogP contribution in [0.4, 0.5) is 8.78 Å². The van der Waals surface area contributed by atoms with E-state index in [9.17, 15) is 8.78 Å². The molecular formula is C21H24F2N2O. The molecule has 0 unspecified atom stereocenters. The Morgan fingerprint density at radius 3 is 2.58 bits per heavy atom. The van der Waals surface area contributed by atoms with E-state index in [4.69, 9.17) is 4.74 Å². The Morgan fingerprint density at radius 1 is 1.12 bits per heavy atom. The van der Waals surface area contributed by atoms with Gasteiger partial charge < -0.3 is 15.0 Å². The van der Waals surface area contributed by atoms with E-state index in [0.29, 0.717) is 18.7 Å². The van der Waals surface area contributed by atoms with Crippen LogP contribution in [0.25, 0.3) is 5.57 Å². The van der Waals surface area contributed by atoms with Crippen LogP contribution >= 0.6 is 0 Å². The van der Waals surface area contributed by atoms with Gasteiger partial charge in [-0.2, -0.15) is 0 Å². The number of fused-ring (bicyclic) bond motifs is 1. The number of hydrogen-bond acceptors (Lipinski definition) is 3. The van der Waals surface area contributed by atoms with Gasteiger partial charge >= 0.3 is 0 Å². The summed E-state index contributed by atoms with van der Waals surface area (Å²) in [4.78, 5) is 2.11. The Labute approximate surface area is 153 Å². The number of nitrogens with zero attached hydrogens (tertiary/aromatic N) is 1. The first-order valence-electron chi connectivity index (χ1n) is 8.74. The molecule has 0 bridgehead atoms.